The first kappa shape index (κ1) is 12.4. The van der Waals surface area contributed by atoms with Crippen LogP contribution in [0.4, 0.5) is 4.79 Å². The smallest absolute Gasteiger partial charge is 0.409 e. The number of nitrogens with zero attached hydrogens (tertiary/aromatic N) is 2. The number of carbonyl (C=O) groups excluding carboxylic acids is 1. The van der Waals surface area contributed by atoms with Gasteiger partial charge in [0, 0.05) is 19.6 Å². The second-order valence-corrected chi connectivity index (χ2v) is 5.11. The summed E-state index contributed by atoms with van der Waals surface area (Å²) in [5.74, 6) is 0. The largest absolute Gasteiger partial charge is 0.448 e. The van der Waals surface area contributed by atoms with E-state index >= 15 is 0 Å². The molecule has 1 saturated carbocycles. The van der Waals surface area contributed by atoms with Crippen LogP contribution in [0, 0.1) is 0 Å². The number of likely N-dealkylation sites (tertiary alicyclic amines) is 1. The fourth-order valence-electron chi connectivity index (χ4n) is 2.14. The van der Waals surface area contributed by atoms with Crippen molar-refractivity contribution in [3.63, 3.8) is 0 Å². The molecule has 96 valence electrons. The molecule has 0 N–H and O–H groups in total. The molecule has 1 aliphatic carbocycles. The van der Waals surface area contributed by atoms with Crippen molar-refractivity contribution in [2.75, 3.05) is 40.3 Å². The van der Waals surface area contributed by atoms with Crippen molar-refractivity contribution in [1.82, 2.24) is 9.80 Å². The molecule has 17 heavy (non-hydrogen) atoms. The van der Waals surface area contributed by atoms with Gasteiger partial charge in [-0.1, -0.05) is 11.1 Å². The number of hydrogen-bond donors (Lipinski definition) is 0. The fraction of sp³-hybridized carbons (Fsp3) is 0.769. The average molecular weight is 238 g/mol. The molecular weight excluding hydrogens is 216 g/mol. The Morgan fingerprint density at radius 3 is 2.29 bits per heavy atom. The van der Waals surface area contributed by atoms with Crippen molar-refractivity contribution in [3.05, 3.63) is 11.1 Å². The van der Waals surface area contributed by atoms with Crippen LogP contribution in [0.1, 0.15) is 25.7 Å². The van der Waals surface area contributed by atoms with Crippen LogP contribution >= 0.6 is 0 Å². The maximum Gasteiger partial charge on any atom is 0.409 e. The maximum absolute atomic E-state index is 11.7. The van der Waals surface area contributed by atoms with Gasteiger partial charge in [0.2, 0.25) is 0 Å². The van der Waals surface area contributed by atoms with Gasteiger partial charge in [0.05, 0.1) is 0 Å². The lowest BCUT2D eigenvalue weighted by atomic mass is 10.0. The highest BCUT2D eigenvalue weighted by molar-refractivity contribution is 5.67. The molecule has 4 nitrogen and oxygen atoms in total. The third-order valence-corrected chi connectivity index (χ3v) is 3.39. The number of likely N-dealkylation sites (N-methyl/N-ethyl adjacent to an activating group) is 1. The molecule has 1 saturated heterocycles. The summed E-state index contributed by atoms with van der Waals surface area (Å²) >= 11 is 0. The normalized spacial score (nSPS) is 19.8. The first-order valence-corrected chi connectivity index (χ1v) is 6.43. The van der Waals surface area contributed by atoms with Crippen LogP contribution in [-0.2, 0) is 4.74 Å². The summed E-state index contributed by atoms with van der Waals surface area (Å²) in [4.78, 5) is 15.6. The zero-order valence-corrected chi connectivity index (χ0v) is 10.9. The zero-order chi connectivity index (χ0) is 12.3. The molecule has 0 aromatic heterocycles. The van der Waals surface area contributed by atoms with Crippen LogP contribution < -0.4 is 0 Å². The molecule has 4 heteroatoms. The van der Waals surface area contributed by atoms with Crippen LogP contribution in [0.15, 0.2) is 11.1 Å². The molecule has 1 aliphatic heterocycles. The van der Waals surface area contributed by atoms with Gasteiger partial charge in [-0.3, -0.25) is 0 Å². The van der Waals surface area contributed by atoms with E-state index in [9.17, 15) is 4.79 Å². The molecule has 0 bridgehead atoms. The highest BCUT2D eigenvalue weighted by Crippen LogP contribution is 2.36. The minimum atomic E-state index is -0.147. The second-order valence-electron chi connectivity index (χ2n) is 5.11. The highest BCUT2D eigenvalue weighted by atomic mass is 16.6. The van der Waals surface area contributed by atoms with Gasteiger partial charge in [-0.25, -0.2) is 4.79 Å². The van der Waals surface area contributed by atoms with Gasteiger partial charge < -0.3 is 14.5 Å². The van der Waals surface area contributed by atoms with Crippen molar-refractivity contribution < 1.29 is 9.53 Å². The van der Waals surface area contributed by atoms with Gasteiger partial charge in [-0.05, 0) is 39.8 Å². The standard InChI is InChI=1S/C13H22N2O2/c1-14(2)9-10-17-13(16)15-7-5-12(6-8-15)11-3-4-11/h3-10H2,1-2H3. The molecule has 1 amide bonds. The predicted molar refractivity (Wildman–Crippen MR) is 67.0 cm³/mol. The molecule has 0 radical (unpaired) electrons. The number of rotatable bonds is 3. The molecule has 0 aromatic rings. The minimum Gasteiger partial charge on any atom is -0.448 e. The Kier molecular flexibility index (Phi) is 4.05. The van der Waals surface area contributed by atoms with Gasteiger partial charge in [-0.15, -0.1) is 0 Å². The minimum absolute atomic E-state index is 0.147. The molecule has 0 atom stereocenters. The van der Waals surface area contributed by atoms with Crippen LogP contribution in [0.3, 0.4) is 0 Å². The van der Waals surface area contributed by atoms with Crippen molar-refractivity contribution in [3.8, 4) is 0 Å². The second kappa shape index (κ2) is 5.54. The molecule has 0 unspecified atom stereocenters. The van der Waals surface area contributed by atoms with Crippen LogP contribution in [0.2, 0.25) is 0 Å². The summed E-state index contributed by atoms with van der Waals surface area (Å²) in [5, 5.41) is 0. The van der Waals surface area contributed by atoms with Gasteiger partial charge in [0.15, 0.2) is 0 Å². The Balaban J connectivity index is 1.69. The quantitative estimate of drug-likeness (QED) is 0.704. The monoisotopic (exact) mass is 238 g/mol. The maximum atomic E-state index is 11.7. The average Bonchev–Trinajstić information content (AvgIpc) is 3.12. The number of ether oxygens (including phenoxy) is 1. The lowest BCUT2D eigenvalue weighted by molar-refractivity contribution is 0.0934. The van der Waals surface area contributed by atoms with E-state index in [0.29, 0.717) is 6.61 Å². The van der Waals surface area contributed by atoms with E-state index in [2.05, 4.69) is 0 Å². The first-order chi connectivity index (χ1) is 8.16. The number of carbonyl (C=O) groups is 1. The van der Waals surface area contributed by atoms with E-state index in [0.717, 1.165) is 32.5 Å². The van der Waals surface area contributed by atoms with Crippen molar-refractivity contribution in [1.29, 1.82) is 0 Å². The highest BCUT2D eigenvalue weighted by Gasteiger charge is 2.24. The Morgan fingerprint density at radius 2 is 1.76 bits per heavy atom. The van der Waals surface area contributed by atoms with Crippen molar-refractivity contribution in [2.45, 2.75) is 25.7 Å². The number of amides is 1. The Labute approximate surface area is 103 Å². The van der Waals surface area contributed by atoms with E-state index in [1.807, 2.05) is 23.9 Å². The molecule has 2 rings (SSSR count). The molecule has 2 fully saturated rings. The topological polar surface area (TPSA) is 32.8 Å². The fourth-order valence-corrected chi connectivity index (χ4v) is 2.14. The van der Waals surface area contributed by atoms with E-state index in [1.54, 1.807) is 11.1 Å². The predicted octanol–water partition coefficient (Wildman–Crippen LogP) is 1.87. The molecular formula is C13H22N2O2. The van der Waals surface area contributed by atoms with Crippen LogP contribution in [0.5, 0.6) is 0 Å². The molecule has 0 aromatic carbocycles. The number of hydrogen-bond acceptors (Lipinski definition) is 3. The van der Waals surface area contributed by atoms with E-state index in [4.69, 9.17) is 4.74 Å². The van der Waals surface area contributed by atoms with Gasteiger partial charge in [0.1, 0.15) is 6.61 Å². The van der Waals surface area contributed by atoms with E-state index in [-0.39, 0.29) is 6.09 Å². The summed E-state index contributed by atoms with van der Waals surface area (Å²) in [6.45, 7) is 2.93. The van der Waals surface area contributed by atoms with Crippen LogP contribution in [0.25, 0.3) is 0 Å². The zero-order valence-electron chi connectivity index (χ0n) is 10.9. The lowest BCUT2D eigenvalue weighted by Crippen LogP contribution is -2.37. The third kappa shape index (κ3) is 3.73. The molecule has 1 heterocycles. The van der Waals surface area contributed by atoms with Crippen molar-refractivity contribution in [2.24, 2.45) is 0 Å². The van der Waals surface area contributed by atoms with E-state index < -0.39 is 0 Å². The summed E-state index contributed by atoms with van der Waals surface area (Å²) in [6.07, 6.45) is 4.55. The Bertz CT molecular complexity index is 307. The van der Waals surface area contributed by atoms with Gasteiger partial charge in [-0.2, -0.15) is 0 Å². The summed E-state index contributed by atoms with van der Waals surface area (Å²) < 4.78 is 5.23. The SMILES string of the molecule is CN(C)CCOC(=O)N1CCC(=C2CC2)CC1. The van der Waals surface area contributed by atoms with Crippen LogP contribution in [-0.4, -0.2) is 56.2 Å². The molecule has 0 spiro atoms. The first-order valence-electron chi connectivity index (χ1n) is 6.43. The number of piperidine rings is 1. The van der Waals surface area contributed by atoms with Gasteiger partial charge >= 0.3 is 6.09 Å². The lowest BCUT2D eigenvalue weighted by Gasteiger charge is -2.28. The Morgan fingerprint density at radius 1 is 1.18 bits per heavy atom. The Hall–Kier alpha value is -1.03. The number of allylic oxidation sites excluding steroid dienone is 1. The summed E-state index contributed by atoms with van der Waals surface area (Å²) in [6, 6.07) is 0. The molecule has 2 aliphatic rings. The summed E-state index contributed by atoms with van der Waals surface area (Å²) in [7, 11) is 3.95. The summed E-state index contributed by atoms with van der Waals surface area (Å²) in [5.41, 5.74) is 3.24. The van der Waals surface area contributed by atoms with E-state index in [1.165, 1.54) is 12.8 Å². The third-order valence-electron chi connectivity index (χ3n) is 3.39. The van der Waals surface area contributed by atoms with Gasteiger partial charge in [0.25, 0.3) is 0 Å². The van der Waals surface area contributed by atoms with Crippen molar-refractivity contribution >= 4 is 6.09 Å².